The van der Waals surface area contributed by atoms with Crippen molar-refractivity contribution >= 4 is 50.3 Å². The summed E-state index contributed by atoms with van der Waals surface area (Å²) in [6, 6.07) is 13.7. The number of thiocarbonyl (C=S) groups is 1. The molecule has 0 saturated carbocycles. The Morgan fingerprint density at radius 3 is 2.00 bits per heavy atom. The number of hydrogen-bond donors (Lipinski definition) is 2. The molecule has 3 rings (SSSR count). The molecule has 0 aromatic heterocycles. The molecule has 6 nitrogen and oxygen atoms in total. The van der Waals surface area contributed by atoms with Crippen molar-refractivity contribution in [2.75, 3.05) is 36.9 Å². The summed E-state index contributed by atoms with van der Waals surface area (Å²) in [6.07, 6.45) is 0. The van der Waals surface area contributed by atoms with Crippen LogP contribution in [-0.4, -0.2) is 44.1 Å². The Morgan fingerprint density at radius 1 is 0.962 bits per heavy atom. The quantitative estimate of drug-likeness (QED) is 0.753. The molecule has 1 aliphatic rings. The molecule has 2 aromatic carbocycles. The van der Waals surface area contributed by atoms with Gasteiger partial charge in [0.2, 0.25) is 10.0 Å². The highest BCUT2D eigenvalue weighted by Crippen LogP contribution is 2.20. The number of hydrogen-bond acceptors (Lipinski definition) is 4. The Labute approximate surface area is 163 Å². The van der Waals surface area contributed by atoms with Crippen LogP contribution in [0.15, 0.2) is 53.4 Å². The SMILES string of the molecule is O=S(=O)(c1ccc(NC(=S)Nc2ccc(Cl)cc2)cc1)N1CCOCC1. The largest absolute Gasteiger partial charge is 0.379 e. The lowest BCUT2D eigenvalue weighted by molar-refractivity contribution is 0.0730. The van der Waals surface area contributed by atoms with Gasteiger partial charge in [-0.25, -0.2) is 8.42 Å². The van der Waals surface area contributed by atoms with E-state index in [0.29, 0.717) is 42.1 Å². The van der Waals surface area contributed by atoms with Gasteiger partial charge in [0.05, 0.1) is 18.1 Å². The zero-order valence-electron chi connectivity index (χ0n) is 13.8. The molecule has 1 saturated heterocycles. The van der Waals surface area contributed by atoms with Crippen LogP contribution in [0.1, 0.15) is 0 Å². The van der Waals surface area contributed by atoms with Gasteiger partial charge in [0.15, 0.2) is 5.11 Å². The van der Waals surface area contributed by atoms with E-state index >= 15 is 0 Å². The Morgan fingerprint density at radius 2 is 1.46 bits per heavy atom. The Balaban J connectivity index is 1.63. The van der Waals surface area contributed by atoms with Crippen LogP contribution in [0.4, 0.5) is 11.4 Å². The first kappa shape index (κ1) is 19.1. The van der Waals surface area contributed by atoms with E-state index in [0.717, 1.165) is 5.69 Å². The molecule has 1 heterocycles. The van der Waals surface area contributed by atoms with Crippen LogP contribution in [0.5, 0.6) is 0 Å². The third-order valence-electron chi connectivity index (χ3n) is 3.82. The number of anilines is 2. The van der Waals surface area contributed by atoms with Crippen LogP contribution in [0.3, 0.4) is 0 Å². The number of ether oxygens (including phenoxy) is 1. The first-order chi connectivity index (χ1) is 12.4. The number of morpholine rings is 1. The van der Waals surface area contributed by atoms with Crippen molar-refractivity contribution in [3.63, 3.8) is 0 Å². The maximum absolute atomic E-state index is 12.6. The molecule has 9 heteroatoms. The fourth-order valence-electron chi connectivity index (χ4n) is 2.47. The van der Waals surface area contributed by atoms with E-state index < -0.39 is 10.0 Å². The third kappa shape index (κ3) is 4.72. The van der Waals surface area contributed by atoms with Gasteiger partial charge >= 0.3 is 0 Å². The number of nitrogens with zero attached hydrogens (tertiary/aromatic N) is 1. The lowest BCUT2D eigenvalue weighted by atomic mass is 10.3. The van der Waals surface area contributed by atoms with Gasteiger partial charge in [-0.15, -0.1) is 0 Å². The molecule has 0 bridgehead atoms. The number of halogens is 1. The van der Waals surface area contributed by atoms with Crippen molar-refractivity contribution in [2.24, 2.45) is 0 Å². The molecule has 0 amide bonds. The lowest BCUT2D eigenvalue weighted by Gasteiger charge is -2.26. The molecule has 138 valence electrons. The molecule has 0 atom stereocenters. The van der Waals surface area contributed by atoms with Crippen LogP contribution >= 0.6 is 23.8 Å². The van der Waals surface area contributed by atoms with Crippen molar-refractivity contribution < 1.29 is 13.2 Å². The van der Waals surface area contributed by atoms with E-state index in [9.17, 15) is 8.42 Å². The summed E-state index contributed by atoms with van der Waals surface area (Å²) >= 11 is 11.1. The predicted molar refractivity (Wildman–Crippen MR) is 107 cm³/mol. The summed E-state index contributed by atoms with van der Waals surface area (Å²) in [5.74, 6) is 0. The Hall–Kier alpha value is -1.71. The summed E-state index contributed by atoms with van der Waals surface area (Å²) in [6.45, 7) is 1.59. The minimum Gasteiger partial charge on any atom is -0.379 e. The highest BCUT2D eigenvalue weighted by atomic mass is 35.5. The van der Waals surface area contributed by atoms with Gasteiger partial charge in [0.1, 0.15) is 0 Å². The van der Waals surface area contributed by atoms with Gasteiger partial charge in [0.25, 0.3) is 0 Å². The van der Waals surface area contributed by atoms with Crippen LogP contribution in [0.2, 0.25) is 5.02 Å². The van der Waals surface area contributed by atoms with E-state index in [-0.39, 0.29) is 4.90 Å². The molecule has 0 unspecified atom stereocenters. The topological polar surface area (TPSA) is 70.7 Å². The van der Waals surface area contributed by atoms with Gasteiger partial charge in [0, 0.05) is 29.5 Å². The highest BCUT2D eigenvalue weighted by molar-refractivity contribution is 7.89. The monoisotopic (exact) mass is 411 g/mol. The van der Waals surface area contributed by atoms with Crippen LogP contribution in [-0.2, 0) is 14.8 Å². The second-order valence-electron chi connectivity index (χ2n) is 5.63. The average Bonchev–Trinajstić information content (AvgIpc) is 2.65. The molecule has 1 aliphatic heterocycles. The molecule has 0 aliphatic carbocycles. The van der Waals surface area contributed by atoms with Crippen molar-refractivity contribution in [3.8, 4) is 0 Å². The summed E-state index contributed by atoms with van der Waals surface area (Å²) in [7, 11) is -3.50. The smallest absolute Gasteiger partial charge is 0.243 e. The summed E-state index contributed by atoms with van der Waals surface area (Å²) in [5.41, 5.74) is 1.50. The maximum atomic E-state index is 12.6. The molecule has 2 aromatic rings. The fraction of sp³-hybridized carbons (Fsp3) is 0.235. The normalized spacial score (nSPS) is 15.4. The zero-order valence-corrected chi connectivity index (χ0v) is 16.2. The third-order valence-corrected chi connectivity index (χ3v) is 6.19. The van der Waals surface area contributed by atoms with Gasteiger partial charge in [-0.1, -0.05) is 11.6 Å². The molecule has 0 radical (unpaired) electrons. The zero-order chi connectivity index (χ0) is 18.6. The number of rotatable bonds is 4. The number of sulfonamides is 1. The predicted octanol–water partition coefficient (Wildman–Crippen LogP) is 3.17. The van der Waals surface area contributed by atoms with Crippen LogP contribution in [0.25, 0.3) is 0 Å². The van der Waals surface area contributed by atoms with Crippen molar-refractivity contribution in [3.05, 3.63) is 53.6 Å². The van der Waals surface area contributed by atoms with Crippen LogP contribution < -0.4 is 10.6 Å². The minimum atomic E-state index is -3.50. The first-order valence-electron chi connectivity index (χ1n) is 7.97. The molecule has 2 N–H and O–H groups in total. The summed E-state index contributed by atoms with van der Waals surface area (Å²) in [4.78, 5) is 0.251. The van der Waals surface area contributed by atoms with Gasteiger partial charge in [-0.3, -0.25) is 0 Å². The Kier molecular flexibility index (Phi) is 6.10. The number of benzene rings is 2. The van der Waals surface area contributed by atoms with Crippen molar-refractivity contribution in [1.29, 1.82) is 0 Å². The van der Waals surface area contributed by atoms with E-state index in [4.69, 9.17) is 28.6 Å². The van der Waals surface area contributed by atoms with Crippen molar-refractivity contribution in [2.45, 2.75) is 4.90 Å². The molecular weight excluding hydrogens is 394 g/mol. The molecule has 26 heavy (non-hydrogen) atoms. The molecule has 1 fully saturated rings. The number of nitrogens with one attached hydrogen (secondary N) is 2. The van der Waals surface area contributed by atoms with E-state index in [1.165, 1.54) is 4.31 Å². The lowest BCUT2D eigenvalue weighted by Crippen LogP contribution is -2.40. The summed E-state index contributed by atoms with van der Waals surface area (Å²) < 4.78 is 31.8. The van der Waals surface area contributed by atoms with E-state index in [1.807, 2.05) is 12.1 Å². The standard InChI is InChI=1S/C17H18ClN3O3S2/c18-13-1-3-14(4-2-13)19-17(25)20-15-5-7-16(8-6-15)26(22,23)21-9-11-24-12-10-21/h1-8H,9-12H2,(H2,19,20,25). The Bertz CT molecular complexity index is 865. The summed E-state index contributed by atoms with van der Waals surface area (Å²) in [5, 5.41) is 7.10. The van der Waals surface area contributed by atoms with E-state index in [2.05, 4.69) is 10.6 Å². The maximum Gasteiger partial charge on any atom is 0.243 e. The second kappa shape index (κ2) is 8.32. The van der Waals surface area contributed by atoms with Gasteiger partial charge in [-0.05, 0) is 60.7 Å². The fourth-order valence-corrected chi connectivity index (χ4v) is 4.24. The van der Waals surface area contributed by atoms with Gasteiger partial charge in [-0.2, -0.15) is 4.31 Å². The second-order valence-corrected chi connectivity index (χ2v) is 8.41. The van der Waals surface area contributed by atoms with Crippen LogP contribution in [0, 0.1) is 0 Å². The first-order valence-corrected chi connectivity index (χ1v) is 10.2. The highest BCUT2D eigenvalue weighted by Gasteiger charge is 2.26. The van der Waals surface area contributed by atoms with Gasteiger partial charge < -0.3 is 15.4 Å². The molecule has 0 spiro atoms. The minimum absolute atomic E-state index is 0.251. The van der Waals surface area contributed by atoms with Crippen molar-refractivity contribution in [1.82, 2.24) is 4.31 Å². The van der Waals surface area contributed by atoms with E-state index in [1.54, 1.807) is 36.4 Å². The molecular formula is C17H18ClN3O3S2. The average molecular weight is 412 g/mol.